The lowest BCUT2D eigenvalue weighted by molar-refractivity contribution is 0.387. The maximum absolute atomic E-state index is 13.9. The summed E-state index contributed by atoms with van der Waals surface area (Å²) < 4.78 is 13.9. The Morgan fingerprint density at radius 3 is 2.60 bits per heavy atom. The van der Waals surface area contributed by atoms with E-state index in [4.69, 9.17) is 4.98 Å². The Bertz CT molecular complexity index is 579. The Morgan fingerprint density at radius 2 is 2.05 bits per heavy atom. The number of aromatic nitrogens is 1. The van der Waals surface area contributed by atoms with Gasteiger partial charge in [-0.2, -0.15) is 0 Å². The van der Waals surface area contributed by atoms with Crippen LogP contribution in [0.4, 0.5) is 4.39 Å². The van der Waals surface area contributed by atoms with Crippen molar-refractivity contribution in [2.45, 2.75) is 38.6 Å². The van der Waals surface area contributed by atoms with Crippen molar-refractivity contribution in [2.24, 2.45) is 0 Å². The van der Waals surface area contributed by atoms with Crippen LogP contribution in [0.5, 0.6) is 0 Å². The SMILES string of the molecule is CNC(C)(Cc1ccccc1F)c1nc(C(C)C)cs1. The van der Waals surface area contributed by atoms with Crippen LogP contribution in [0.25, 0.3) is 0 Å². The third kappa shape index (κ3) is 3.07. The van der Waals surface area contributed by atoms with Gasteiger partial charge in [0.1, 0.15) is 10.8 Å². The van der Waals surface area contributed by atoms with Crippen molar-refractivity contribution in [3.05, 3.63) is 51.7 Å². The van der Waals surface area contributed by atoms with Gasteiger partial charge in [0, 0.05) is 5.38 Å². The molecule has 0 aliphatic rings. The highest BCUT2D eigenvalue weighted by Crippen LogP contribution is 2.30. The molecule has 0 amide bonds. The van der Waals surface area contributed by atoms with E-state index in [-0.39, 0.29) is 11.4 Å². The molecule has 20 heavy (non-hydrogen) atoms. The van der Waals surface area contributed by atoms with Crippen LogP contribution in [0.1, 0.15) is 43.0 Å². The summed E-state index contributed by atoms with van der Waals surface area (Å²) in [7, 11) is 1.90. The monoisotopic (exact) mass is 292 g/mol. The third-order valence-corrected chi connectivity index (χ3v) is 4.76. The first-order chi connectivity index (χ1) is 9.46. The van der Waals surface area contributed by atoms with E-state index in [1.54, 1.807) is 17.4 Å². The predicted octanol–water partition coefficient (Wildman–Crippen LogP) is 4.08. The molecule has 2 nitrogen and oxygen atoms in total. The van der Waals surface area contributed by atoms with Crippen LogP contribution in [-0.2, 0) is 12.0 Å². The van der Waals surface area contributed by atoms with Gasteiger partial charge in [-0.15, -0.1) is 11.3 Å². The first kappa shape index (κ1) is 15.1. The van der Waals surface area contributed by atoms with Gasteiger partial charge in [-0.1, -0.05) is 32.0 Å². The topological polar surface area (TPSA) is 24.9 Å². The maximum Gasteiger partial charge on any atom is 0.126 e. The molecular weight excluding hydrogens is 271 g/mol. The Hall–Kier alpha value is -1.26. The van der Waals surface area contributed by atoms with E-state index in [1.165, 1.54) is 6.07 Å². The van der Waals surface area contributed by atoms with E-state index in [0.29, 0.717) is 17.9 Å². The highest BCUT2D eigenvalue weighted by Gasteiger charge is 2.29. The standard InChI is InChI=1S/C16H21FN2S/c1-11(2)14-10-20-15(19-14)16(3,18-4)9-12-7-5-6-8-13(12)17/h5-8,10-11,18H,9H2,1-4H3. The second kappa shape index (κ2) is 6.02. The number of hydrogen-bond acceptors (Lipinski definition) is 3. The van der Waals surface area contributed by atoms with Gasteiger partial charge in [-0.3, -0.25) is 0 Å². The number of halogens is 1. The molecule has 1 atom stereocenters. The molecular formula is C16H21FN2S. The fraction of sp³-hybridized carbons (Fsp3) is 0.438. The van der Waals surface area contributed by atoms with E-state index < -0.39 is 0 Å². The van der Waals surface area contributed by atoms with Crippen molar-refractivity contribution >= 4 is 11.3 Å². The van der Waals surface area contributed by atoms with E-state index >= 15 is 0 Å². The summed E-state index contributed by atoms with van der Waals surface area (Å²) in [4.78, 5) is 4.71. The van der Waals surface area contributed by atoms with Crippen LogP contribution >= 0.6 is 11.3 Å². The average molecular weight is 292 g/mol. The molecule has 2 aromatic rings. The van der Waals surface area contributed by atoms with Crippen molar-refractivity contribution in [2.75, 3.05) is 7.05 Å². The van der Waals surface area contributed by atoms with Gasteiger partial charge in [0.15, 0.2) is 0 Å². The lowest BCUT2D eigenvalue weighted by Gasteiger charge is -2.27. The lowest BCUT2D eigenvalue weighted by Crippen LogP contribution is -2.39. The highest BCUT2D eigenvalue weighted by atomic mass is 32.1. The minimum Gasteiger partial charge on any atom is -0.308 e. The van der Waals surface area contributed by atoms with E-state index in [1.807, 2.05) is 19.2 Å². The molecule has 1 unspecified atom stereocenters. The van der Waals surface area contributed by atoms with Crippen LogP contribution in [0.2, 0.25) is 0 Å². The number of thiazole rings is 1. The first-order valence-corrected chi connectivity index (χ1v) is 7.72. The molecule has 0 aliphatic heterocycles. The molecule has 1 aromatic heterocycles. The number of benzene rings is 1. The van der Waals surface area contributed by atoms with Crippen molar-refractivity contribution < 1.29 is 4.39 Å². The summed E-state index contributed by atoms with van der Waals surface area (Å²) in [6.07, 6.45) is 0.585. The van der Waals surface area contributed by atoms with E-state index in [2.05, 4.69) is 31.5 Å². The molecule has 0 aliphatic carbocycles. The Kier molecular flexibility index (Phi) is 4.55. The number of nitrogens with one attached hydrogen (secondary N) is 1. The van der Waals surface area contributed by atoms with Crippen LogP contribution < -0.4 is 5.32 Å². The third-order valence-electron chi connectivity index (χ3n) is 3.64. The summed E-state index contributed by atoms with van der Waals surface area (Å²) in [6.45, 7) is 6.33. The molecule has 108 valence electrons. The summed E-state index contributed by atoms with van der Waals surface area (Å²) in [5, 5.41) is 6.40. The second-order valence-corrected chi connectivity index (χ2v) is 6.44. The first-order valence-electron chi connectivity index (χ1n) is 6.84. The maximum atomic E-state index is 13.9. The molecule has 4 heteroatoms. The van der Waals surface area contributed by atoms with Gasteiger partial charge >= 0.3 is 0 Å². The molecule has 0 spiro atoms. The van der Waals surface area contributed by atoms with Gasteiger partial charge in [-0.25, -0.2) is 9.37 Å². The van der Waals surface area contributed by atoms with Crippen LogP contribution in [0, 0.1) is 5.82 Å². The number of nitrogens with zero attached hydrogens (tertiary/aromatic N) is 1. The highest BCUT2D eigenvalue weighted by molar-refractivity contribution is 7.09. The fourth-order valence-corrected chi connectivity index (χ4v) is 3.25. The summed E-state index contributed by atoms with van der Waals surface area (Å²) in [5.74, 6) is 0.254. The lowest BCUT2D eigenvalue weighted by atomic mass is 9.93. The summed E-state index contributed by atoms with van der Waals surface area (Å²) >= 11 is 1.64. The minimum atomic E-state index is -0.347. The smallest absolute Gasteiger partial charge is 0.126 e. The molecule has 0 bridgehead atoms. The van der Waals surface area contributed by atoms with E-state index in [0.717, 1.165) is 10.7 Å². The van der Waals surface area contributed by atoms with Gasteiger partial charge in [0.05, 0.1) is 11.2 Å². The molecule has 1 heterocycles. The predicted molar refractivity (Wildman–Crippen MR) is 82.7 cm³/mol. The second-order valence-electron chi connectivity index (χ2n) is 5.58. The van der Waals surface area contributed by atoms with Crippen LogP contribution in [0.3, 0.4) is 0 Å². The van der Waals surface area contributed by atoms with Gasteiger partial charge in [-0.05, 0) is 37.9 Å². The molecule has 1 aromatic carbocycles. The largest absolute Gasteiger partial charge is 0.308 e. The van der Waals surface area contributed by atoms with Crippen LogP contribution in [-0.4, -0.2) is 12.0 Å². The number of rotatable bonds is 5. The summed E-state index contributed by atoms with van der Waals surface area (Å²) in [6, 6.07) is 6.93. The van der Waals surface area contributed by atoms with Crippen LogP contribution in [0.15, 0.2) is 29.6 Å². The quantitative estimate of drug-likeness (QED) is 0.898. The van der Waals surface area contributed by atoms with Crippen molar-refractivity contribution in [1.82, 2.24) is 10.3 Å². The van der Waals surface area contributed by atoms with Gasteiger partial charge in [0.2, 0.25) is 0 Å². The van der Waals surface area contributed by atoms with Crippen molar-refractivity contribution in [3.8, 4) is 0 Å². The summed E-state index contributed by atoms with van der Waals surface area (Å²) in [5.41, 5.74) is 1.46. The Balaban J connectivity index is 2.31. The zero-order valence-electron chi connectivity index (χ0n) is 12.4. The Morgan fingerprint density at radius 1 is 1.35 bits per heavy atom. The Labute approximate surface area is 124 Å². The zero-order valence-corrected chi connectivity index (χ0v) is 13.2. The number of hydrogen-bond donors (Lipinski definition) is 1. The molecule has 0 saturated heterocycles. The molecule has 0 saturated carbocycles. The fourth-order valence-electron chi connectivity index (χ4n) is 2.10. The van der Waals surface area contributed by atoms with Gasteiger partial charge in [0.25, 0.3) is 0 Å². The molecule has 0 fully saturated rings. The van der Waals surface area contributed by atoms with Gasteiger partial charge < -0.3 is 5.32 Å². The molecule has 2 rings (SSSR count). The molecule has 0 radical (unpaired) electrons. The van der Waals surface area contributed by atoms with Crippen molar-refractivity contribution in [1.29, 1.82) is 0 Å². The number of likely N-dealkylation sites (N-methyl/N-ethyl adjacent to an activating group) is 1. The minimum absolute atomic E-state index is 0.158. The van der Waals surface area contributed by atoms with E-state index in [9.17, 15) is 4.39 Å². The van der Waals surface area contributed by atoms with Crippen molar-refractivity contribution in [3.63, 3.8) is 0 Å². The zero-order chi connectivity index (χ0) is 14.8. The molecule has 1 N–H and O–H groups in total. The average Bonchev–Trinajstić information content (AvgIpc) is 2.92. The normalized spacial score (nSPS) is 14.5.